The number of methoxy groups -OCH3 is 1. The van der Waals surface area contributed by atoms with Gasteiger partial charge in [-0.3, -0.25) is 0 Å². The standard InChI is InChI=1S/C14H20BrNO2/c1-10(2)16-8-12-7-13(17-4)5-6-14(12)18-9-11(3)15/h5-7,10,16H,3,8-9H2,1-2,4H3. The third-order valence-corrected chi connectivity index (χ3v) is 2.58. The summed E-state index contributed by atoms with van der Waals surface area (Å²) in [5.74, 6) is 1.69. The van der Waals surface area contributed by atoms with Crippen LogP contribution in [0.2, 0.25) is 0 Å². The van der Waals surface area contributed by atoms with Gasteiger partial charge in [0.1, 0.15) is 18.1 Å². The van der Waals surface area contributed by atoms with Crippen molar-refractivity contribution in [1.82, 2.24) is 5.32 Å². The molecule has 1 rings (SSSR count). The lowest BCUT2D eigenvalue weighted by molar-refractivity contribution is 0.352. The van der Waals surface area contributed by atoms with Gasteiger partial charge in [0.05, 0.1) is 7.11 Å². The van der Waals surface area contributed by atoms with Gasteiger partial charge in [-0.1, -0.05) is 36.4 Å². The van der Waals surface area contributed by atoms with Crippen LogP contribution in [0.15, 0.2) is 29.3 Å². The first-order valence-corrected chi connectivity index (χ1v) is 6.68. The van der Waals surface area contributed by atoms with E-state index >= 15 is 0 Å². The highest BCUT2D eigenvalue weighted by atomic mass is 79.9. The molecular formula is C14H20BrNO2. The van der Waals surface area contributed by atoms with Crippen molar-refractivity contribution >= 4 is 15.9 Å². The molecule has 1 aromatic rings. The molecule has 0 radical (unpaired) electrons. The molecule has 0 spiro atoms. The van der Waals surface area contributed by atoms with Gasteiger partial charge in [-0.05, 0) is 18.2 Å². The molecule has 0 saturated heterocycles. The van der Waals surface area contributed by atoms with Gasteiger partial charge in [0.15, 0.2) is 0 Å². The van der Waals surface area contributed by atoms with Gasteiger partial charge in [0, 0.05) is 22.6 Å². The van der Waals surface area contributed by atoms with Crippen molar-refractivity contribution in [3.63, 3.8) is 0 Å². The zero-order valence-corrected chi connectivity index (χ0v) is 12.7. The van der Waals surface area contributed by atoms with E-state index in [2.05, 4.69) is 41.7 Å². The summed E-state index contributed by atoms with van der Waals surface area (Å²) in [6, 6.07) is 6.23. The van der Waals surface area contributed by atoms with Crippen LogP contribution in [-0.2, 0) is 6.54 Å². The normalized spacial score (nSPS) is 10.5. The predicted molar refractivity (Wildman–Crippen MR) is 78.5 cm³/mol. The average molecular weight is 314 g/mol. The van der Waals surface area contributed by atoms with Crippen LogP contribution in [0.4, 0.5) is 0 Å². The first kappa shape index (κ1) is 15.1. The molecule has 1 N–H and O–H groups in total. The maximum atomic E-state index is 5.69. The molecule has 0 heterocycles. The first-order chi connectivity index (χ1) is 8.52. The molecule has 0 amide bonds. The largest absolute Gasteiger partial charge is 0.497 e. The number of hydrogen-bond donors (Lipinski definition) is 1. The topological polar surface area (TPSA) is 30.5 Å². The summed E-state index contributed by atoms with van der Waals surface area (Å²) in [4.78, 5) is 0. The molecule has 0 unspecified atom stereocenters. The van der Waals surface area contributed by atoms with Gasteiger partial charge in [0.25, 0.3) is 0 Å². The molecule has 3 nitrogen and oxygen atoms in total. The van der Waals surface area contributed by atoms with Gasteiger partial charge in [-0.2, -0.15) is 0 Å². The molecule has 1 aromatic carbocycles. The summed E-state index contributed by atoms with van der Waals surface area (Å²) < 4.78 is 11.7. The molecule has 0 aromatic heterocycles. The quantitative estimate of drug-likeness (QED) is 0.836. The van der Waals surface area contributed by atoms with Crippen molar-refractivity contribution in [2.75, 3.05) is 13.7 Å². The molecule has 0 aliphatic heterocycles. The first-order valence-electron chi connectivity index (χ1n) is 5.89. The summed E-state index contributed by atoms with van der Waals surface area (Å²) in [5.41, 5.74) is 1.08. The van der Waals surface area contributed by atoms with Crippen LogP contribution in [-0.4, -0.2) is 19.8 Å². The second-order valence-electron chi connectivity index (χ2n) is 4.32. The summed E-state index contributed by atoms with van der Waals surface area (Å²) in [6.45, 7) is 9.19. The number of halogens is 1. The number of rotatable bonds is 7. The maximum Gasteiger partial charge on any atom is 0.124 e. The second-order valence-corrected chi connectivity index (χ2v) is 5.44. The number of ether oxygens (including phenoxy) is 2. The zero-order chi connectivity index (χ0) is 13.5. The molecule has 0 aliphatic rings. The highest BCUT2D eigenvalue weighted by molar-refractivity contribution is 9.11. The Balaban J connectivity index is 2.82. The predicted octanol–water partition coefficient (Wildman–Crippen LogP) is 3.48. The van der Waals surface area contributed by atoms with Crippen LogP contribution in [0.1, 0.15) is 19.4 Å². The molecular weight excluding hydrogens is 294 g/mol. The van der Waals surface area contributed by atoms with Gasteiger partial charge >= 0.3 is 0 Å². The van der Waals surface area contributed by atoms with Crippen LogP contribution < -0.4 is 14.8 Å². The molecule has 0 aliphatic carbocycles. The van der Waals surface area contributed by atoms with Crippen molar-refractivity contribution in [3.8, 4) is 11.5 Å². The lowest BCUT2D eigenvalue weighted by Crippen LogP contribution is -2.22. The van der Waals surface area contributed by atoms with Crippen molar-refractivity contribution in [2.45, 2.75) is 26.4 Å². The lowest BCUT2D eigenvalue weighted by Gasteiger charge is -2.14. The smallest absolute Gasteiger partial charge is 0.124 e. The lowest BCUT2D eigenvalue weighted by atomic mass is 10.1. The van der Waals surface area contributed by atoms with E-state index in [1.54, 1.807) is 7.11 Å². The Labute approximate surface area is 117 Å². The third-order valence-electron chi connectivity index (χ3n) is 2.35. The Bertz CT molecular complexity index is 405. The molecule has 0 fully saturated rings. The Morgan fingerprint density at radius 3 is 2.72 bits per heavy atom. The summed E-state index contributed by atoms with van der Waals surface area (Å²) in [7, 11) is 1.66. The van der Waals surface area contributed by atoms with Crippen LogP contribution >= 0.6 is 15.9 Å². The molecule has 0 atom stereocenters. The van der Waals surface area contributed by atoms with E-state index in [4.69, 9.17) is 9.47 Å². The highest BCUT2D eigenvalue weighted by Gasteiger charge is 2.07. The Kier molecular flexibility index (Phi) is 6.22. The molecule has 4 heteroatoms. The van der Waals surface area contributed by atoms with E-state index in [9.17, 15) is 0 Å². The minimum Gasteiger partial charge on any atom is -0.497 e. The molecule has 0 saturated carbocycles. The van der Waals surface area contributed by atoms with Gasteiger partial charge < -0.3 is 14.8 Å². The SMILES string of the molecule is C=C(Br)COc1ccc(OC)cc1CNC(C)C. The van der Waals surface area contributed by atoms with Crippen molar-refractivity contribution < 1.29 is 9.47 Å². The van der Waals surface area contributed by atoms with E-state index in [1.807, 2.05) is 18.2 Å². The second kappa shape index (κ2) is 7.44. The fourth-order valence-electron chi connectivity index (χ4n) is 1.43. The number of hydrogen-bond acceptors (Lipinski definition) is 3. The van der Waals surface area contributed by atoms with Crippen LogP contribution in [0.25, 0.3) is 0 Å². The van der Waals surface area contributed by atoms with Crippen molar-refractivity contribution in [1.29, 1.82) is 0 Å². The van der Waals surface area contributed by atoms with E-state index < -0.39 is 0 Å². The number of benzene rings is 1. The summed E-state index contributed by atoms with van der Waals surface area (Å²) in [5, 5.41) is 3.37. The van der Waals surface area contributed by atoms with Crippen LogP contribution in [0.5, 0.6) is 11.5 Å². The fourth-order valence-corrected chi connectivity index (χ4v) is 1.55. The Morgan fingerprint density at radius 1 is 1.44 bits per heavy atom. The van der Waals surface area contributed by atoms with E-state index in [0.717, 1.165) is 28.1 Å². The van der Waals surface area contributed by atoms with Crippen LogP contribution in [0.3, 0.4) is 0 Å². The van der Waals surface area contributed by atoms with E-state index in [0.29, 0.717) is 12.6 Å². The molecule has 18 heavy (non-hydrogen) atoms. The highest BCUT2D eigenvalue weighted by Crippen LogP contribution is 2.25. The van der Waals surface area contributed by atoms with Crippen LogP contribution in [0, 0.1) is 0 Å². The molecule has 100 valence electrons. The minimum absolute atomic E-state index is 0.426. The number of nitrogens with one attached hydrogen (secondary N) is 1. The van der Waals surface area contributed by atoms with E-state index in [-0.39, 0.29) is 0 Å². The molecule has 0 bridgehead atoms. The maximum absolute atomic E-state index is 5.69. The summed E-state index contributed by atoms with van der Waals surface area (Å²) >= 11 is 3.29. The Hall–Kier alpha value is -1.00. The zero-order valence-electron chi connectivity index (χ0n) is 11.1. The van der Waals surface area contributed by atoms with Gasteiger partial charge in [-0.25, -0.2) is 0 Å². The van der Waals surface area contributed by atoms with Gasteiger partial charge in [-0.15, -0.1) is 0 Å². The Morgan fingerprint density at radius 2 is 2.17 bits per heavy atom. The minimum atomic E-state index is 0.426. The van der Waals surface area contributed by atoms with Crippen molar-refractivity contribution in [3.05, 3.63) is 34.8 Å². The monoisotopic (exact) mass is 313 g/mol. The van der Waals surface area contributed by atoms with Gasteiger partial charge in [0.2, 0.25) is 0 Å². The van der Waals surface area contributed by atoms with Crippen molar-refractivity contribution in [2.24, 2.45) is 0 Å². The third kappa shape index (κ3) is 5.10. The fraction of sp³-hybridized carbons (Fsp3) is 0.429. The van der Waals surface area contributed by atoms with E-state index in [1.165, 1.54) is 0 Å². The summed E-state index contributed by atoms with van der Waals surface area (Å²) in [6.07, 6.45) is 0. The average Bonchev–Trinajstić information content (AvgIpc) is 2.34.